The second-order valence-electron chi connectivity index (χ2n) is 18.8. The molecule has 0 aliphatic rings. The van der Waals surface area contributed by atoms with Crippen LogP contribution in [0.4, 0.5) is 0 Å². The number of para-hydroxylation sites is 1. The van der Waals surface area contributed by atoms with Crippen LogP contribution in [0.15, 0.2) is 105 Å². The third kappa shape index (κ3) is 8.33. The monoisotopic (exact) mass is 744 g/mol. The van der Waals surface area contributed by atoms with Crippen molar-refractivity contribution in [1.29, 1.82) is 0 Å². The van der Waals surface area contributed by atoms with Crippen LogP contribution in [0.5, 0.6) is 5.75 Å². The van der Waals surface area contributed by atoms with Crippen molar-refractivity contribution in [2.45, 2.75) is 119 Å². The van der Waals surface area contributed by atoms with E-state index in [4.69, 9.17) is 12.9 Å². The summed E-state index contributed by atoms with van der Waals surface area (Å²) >= 11 is 0. The van der Waals surface area contributed by atoms with Crippen LogP contribution in [0.1, 0.15) is 116 Å². The normalized spacial score (nSPS) is 12.9. The van der Waals surface area contributed by atoms with E-state index in [1.54, 1.807) is 0 Å². The van der Waals surface area contributed by atoms with E-state index in [-0.39, 0.29) is 21.7 Å². The summed E-state index contributed by atoms with van der Waals surface area (Å²) in [6.07, 6.45) is 0. The smallest absolute Gasteiger partial charge is 0.390 e. The van der Waals surface area contributed by atoms with E-state index in [9.17, 15) is 0 Å². The molecule has 0 N–H and O–H groups in total. The summed E-state index contributed by atoms with van der Waals surface area (Å²) in [4.78, 5) is 0. The number of benzene rings is 5. The molecule has 0 saturated carbocycles. The quantitative estimate of drug-likeness (QED) is 0.165. The molecular formula is C48H58O3P2. The Morgan fingerprint density at radius 3 is 1.26 bits per heavy atom. The maximum Gasteiger partial charge on any atom is 0.453 e. The van der Waals surface area contributed by atoms with E-state index in [1.165, 1.54) is 32.9 Å². The van der Waals surface area contributed by atoms with Crippen molar-refractivity contribution in [3.05, 3.63) is 130 Å². The molecule has 0 unspecified atom stereocenters. The Bertz CT molecular complexity index is 2160. The molecule has 1 heterocycles. The Balaban J connectivity index is 1.71. The molecule has 1 aromatic heterocycles. The van der Waals surface area contributed by atoms with E-state index >= 15 is 0 Å². The fraction of sp³-hybridized carbons (Fsp3) is 0.375. The van der Waals surface area contributed by atoms with Gasteiger partial charge in [0.05, 0.1) is 0 Å². The first-order valence-corrected chi connectivity index (χ1v) is 21.3. The van der Waals surface area contributed by atoms with E-state index in [0.29, 0.717) is 0 Å². The molecule has 0 fully saturated rings. The highest BCUT2D eigenvalue weighted by Gasteiger charge is 2.30. The van der Waals surface area contributed by atoms with Crippen LogP contribution in [0.25, 0.3) is 21.9 Å². The van der Waals surface area contributed by atoms with E-state index in [0.717, 1.165) is 44.1 Å². The molecule has 5 heteroatoms. The molecule has 0 spiro atoms. The van der Waals surface area contributed by atoms with Gasteiger partial charge in [0.25, 0.3) is 0 Å². The molecule has 3 nitrogen and oxygen atoms in total. The second kappa shape index (κ2) is 14.1. The molecular weight excluding hydrogens is 686 g/mol. The van der Waals surface area contributed by atoms with Crippen molar-refractivity contribution >= 4 is 54.0 Å². The largest absolute Gasteiger partial charge is 0.453 e. The first-order valence-electron chi connectivity index (χ1n) is 18.9. The summed E-state index contributed by atoms with van der Waals surface area (Å²) in [5.74, 6) is 0.781. The van der Waals surface area contributed by atoms with Gasteiger partial charge in [0.1, 0.15) is 16.9 Å². The van der Waals surface area contributed by atoms with Crippen molar-refractivity contribution in [3.8, 4) is 5.75 Å². The summed E-state index contributed by atoms with van der Waals surface area (Å²) < 4.78 is 21.5. The lowest BCUT2D eigenvalue weighted by atomic mass is 9.77. The zero-order valence-corrected chi connectivity index (χ0v) is 36.1. The summed E-state index contributed by atoms with van der Waals surface area (Å²) in [7, 11) is -2.87. The third-order valence-corrected chi connectivity index (χ3v) is 13.5. The Morgan fingerprint density at radius 2 is 0.887 bits per heavy atom. The first-order chi connectivity index (χ1) is 24.6. The third-order valence-electron chi connectivity index (χ3n) is 10.0. The summed E-state index contributed by atoms with van der Waals surface area (Å²) in [6, 6.07) is 35.7. The Labute approximate surface area is 320 Å². The molecule has 0 aliphatic heterocycles. The van der Waals surface area contributed by atoms with Crippen LogP contribution in [0, 0.1) is 13.8 Å². The number of rotatable bonds is 5. The van der Waals surface area contributed by atoms with Gasteiger partial charge in [-0.25, -0.2) is 0 Å². The molecule has 0 saturated heterocycles. The maximum absolute atomic E-state index is 7.17. The molecule has 6 aromatic rings. The Morgan fingerprint density at radius 1 is 0.491 bits per heavy atom. The molecule has 53 heavy (non-hydrogen) atoms. The topological polar surface area (TPSA) is 35.5 Å². The number of hydrogen-bond acceptors (Lipinski definition) is 3. The average molecular weight is 745 g/mol. The Hall–Kier alpha value is -3.77. The van der Waals surface area contributed by atoms with Crippen LogP contribution in [0.3, 0.4) is 0 Å². The number of aryl methyl sites for hydroxylation is 2. The molecule has 5 aromatic carbocycles. The summed E-state index contributed by atoms with van der Waals surface area (Å²) in [5.41, 5.74) is 8.49. The van der Waals surface area contributed by atoms with Crippen LogP contribution < -0.4 is 20.4 Å². The first kappa shape index (κ1) is 38.9. The van der Waals surface area contributed by atoms with Gasteiger partial charge >= 0.3 is 8.24 Å². The minimum atomic E-state index is -1.93. The zero-order chi connectivity index (χ0) is 38.7. The predicted molar refractivity (Wildman–Crippen MR) is 232 cm³/mol. The number of hydrogen-bond donors (Lipinski definition) is 0. The summed E-state index contributed by atoms with van der Waals surface area (Å²) in [5, 5.41) is 5.81. The average Bonchev–Trinajstić information content (AvgIpc) is 3.21. The van der Waals surface area contributed by atoms with Gasteiger partial charge in [0, 0.05) is 27.2 Å². The Kier molecular flexibility index (Phi) is 10.4. The SMILES string of the molecule is Cc1ccc(P(c2ccc(C)cc2)c2ccccc2Op2oc3c(C(C)(C)C)cc(C(C)(C)C)cc3c3cc(C(C)(C)C)cc(C(C)(C)C)c3o2)cc1. The van der Waals surface area contributed by atoms with Gasteiger partial charge in [-0.2, -0.15) is 0 Å². The minimum absolute atomic E-state index is 0.0693. The van der Waals surface area contributed by atoms with Crippen LogP contribution in [-0.4, -0.2) is 0 Å². The van der Waals surface area contributed by atoms with Gasteiger partial charge in [0.15, 0.2) is 0 Å². The maximum atomic E-state index is 7.17. The van der Waals surface area contributed by atoms with Crippen molar-refractivity contribution in [1.82, 2.24) is 0 Å². The zero-order valence-electron chi connectivity index (χ0n) is 34.4. The van der Waals surface area contributed by atoms with Gasteiger partial charge in [-0.05, 0) is 83.4 Å². The molecule has 0 aliphatic carbocycles. The fourth-order valence-electron chi connectivity index (χ4n) is 6.65. The highest BCUT2D eigenvalue weighted by atomic mass is 31.1. The lowest BCUT2D eigenvalue weighted by Crippen LogP contribution is -2.21. The minimum Gasteiger partial charge on any atom is -0.390 e. The van der Waals surface area contributed by atoms with Gasteiger partial charge < -0.3 is 12.9 Å². The van der Waals surface area contributed by atoms with E-state index in [2.05, 4.69) is 194 Å². The van der Waals surface area contributed by atoms with Crippen molar-refractivity contribution < 1.29 is 12.9 Å². The van der Waals surface area contributed by atoms with Crippen molar-refractivity contribution in [2.24, 2.45) is 0 Å². The number of fused-ring (bicyclic) bond motifs is 3. The van der Waals surface area contributed by atoms with Crippen LogP contribution >= 0.6 is 16.2 Å². The van der Waals surface area contributed by atoms with Gasteiger partial charge in [-0.3, -0.25) is 0 Å². The lowest BCUT2D eigenvalue weighted by molar-refractivity contribution is 0.490. The van der Waals surface area contributed by atoms with E-state index < -0.39 is 16.2 Å². The lowest BCUT2D eigenvalue weighted by Gasteiger charge is -2.27. The highest BCUT2D eigenvalue weighted by Crippen LogP contribution is 2.47. The van der Waals surface area contributed by atoms with Gasteiger partial charge in [0.2, 0.25) is 0 Å². The molecule has 0 amide bonds. The molecule has 6 rings (SSSR count). The van der Waals surface area contributed by atoms with Crippen molar-refractivity contribution in [2.75, 3.05) is 0 Å². The molecule has 0 bridgehead atoms. The summed E-state index contributed by atoms with van der Waals surface area (Å²) in [6.45, 7) is 31.6. The molecule has 0 atom stereocenters. The van der Waals surface area contributed by atoms with E-state index in [1.807, 2.05) is 0 Å². The van der Waals surface area contributed by atoms with Gasteiger partial charge in [-0.15, -0.1) is 0 Å². The van der Waals surface area contributed by atoms with Crippen LogP contribution in [-0.2, 0) is 21.7 Å². The van der Waals surface area contributed by atoms with Crippen molar-refractivity contribution in [3.63, 3.8) is 0 Å². The second-order valence-corrected chi connectivity index (χ2v) is 22.0. The highest BCUT2D eigenvalue weighted by molar-refractivity contribution is 7.80. The van der Waals surface area contributed by atoms with Gasteiger partial charge in [-0.1, -0.05) is 173 Å². The van der Waals surface area contributed by atoms with Crippen LogP contribution in [0.2, 0.25) is 0 Å². The molecule has 0 radical (unpaired) electrons. The standard InChI is InChI=1S/C48H58O3P2/c1-31-19-23-35(24-20-31)52(36-25-21-32(2)22-26-36)42-18-16-15-17-41(42)49-53-50-43-37(27-33(45(3,4)5)29-39(43)47(9,10)11)38-28-34(46(6,7)8)30-40(44(38)51-53)48(12,13)14/h15-30H,1-14H3. The molecule has 278 valence electrons. The predicted octanol–water partition coefficient (Wildman–Crippen LogP) is 13.7. The fourth-order valence-corrected chi connectivity index (χ4v) is 10.2.